The number of rotatable bonds is 9. The number of aromatic nitrogens is 2. The van der Waals surface area contributed by atoms with Crippen LogP contribution in [0.15, 0.2) is 30.6 Å². The molecule has 1 aromatic carbocycles. The van der Waals surface area contributed by atoms with E-state index in [4.69, 9.17) is 16.3 Å². The Balaban J connectivity index is 0.00000338. The first-order chi connectivity index (χ1) is 12.1. The van der Waals surface area contributed by atoms with Crippen molar-refractivity contribution in [1.29, 1.82) is 0 Å². The topological polar surface area (TPSA) is 76.1 Å². The van der Waals surface area contributed by atoms with Crippen LogP contribution in [-0.4, -0.2) is 29.0 Å². The number of hydrogen-bond donors (Lipinski definition) is 2. The number of ether oxygens (including phenoxy) is 1. The molecule has 2 rings (SSSR count). The minimum Gasteiger partial charge on any atom is -0.420 e. The number of carbonyl (C=O) groups is 1. The Labute approximate surface area is 162 Å². The number of halogens is 3. The molecule has 0 aliphatic heterocycles. The largest absolute Gasteiger partial charge is 0.420 e. The molecule has 0 spiro atoms. The van der Waals surface area contributed by atoms with E-state index >= 15 is 0 Å². The van der Waals surface area contributed by atoms with Gasteiger partial charge in [0.1, 0.15) is 0 Å². The molecule has 0 saturated heterocycles. The maximum absolute atomic E-state index is 15.0. The second kappa shape index (κ2) is 10.9. The van der Waals surface area contributed by atoms with Crippen LogP contribution in [0.1, 0.15) is 31.9 Å². The summed E-state index contributed by atoms with van der Waals surface area (Å²) in [5.41, 5.74) is 0.427. The van der Waals surface area contributed by atoms with Crippen molar-refractivity contribution in [2.45, 2.75) is 32.4 Å². The molecule has 0 fully saturated rings. The van der Waals surface area contributed by atoms with E-state index in [1.165, 1.54) is 12.4 Å². The molecule has 0 unspecified atom stereocenters. The Bertz CT molecular complexity index is 707. The molecule has 1 amide bonds. The summed E-state index contributed by atoms with van der Waals surface area (Å²) >= 11 is 6.08. The van der Waals surface area contributed by atoms with Crippen molar-refractivity contribution in [1.82, 2.24) is 20.6 Å². The number of nitrogens with one attached hydrogen (secondary N) is 2. The third-order valence-electron chi connectivity index (χ3n) is 3.59. The van der Waals surface area contributed by atoms with Crippen molar-refractivity contribution in [3.05, 3.63) is 47.0 Å². The third-order valence-corrected chi connectivity index (χ3v) is 3.89. The van der Waals surface area contributed by atoms with Gasteiger partial charge in [0.05, 0.1) is 5.02 Å². The predicted molar refractivity (Wildman–Crippen MR) is 100 cm³/mol. The monoisotopic (exact) mass is 402 g/mol. The first kappa shape index (κ1) is 22.1. The Morgan fingerprint density at radius 3 is 2.65 bits per heavy atom. The molecule has 1 heterocycles. The Morgan fingerprint density at radius 2 is 2.04 bits per heavy atom. The molecule has 0 aliphatic rings. The number of carbonyl (C=O) groups excluding carboxylic acids is 1. The Morgan fingerprint density at radius 1 is 1.35 bits per heavy atom. The average Bonchev–Trinajstić information content (AvgIpc) is 2.63. The lowest BCUT2D eigenvalue weighted by atomic mass is 10.0. The number of benzene rings is 1. The minimum absolute atomic E-state index is 0. The average molecular weight is 403 g/mol. The van der Waals surface area contributed by atoms with Crippen LogP contribution in [0, 0.1) is 5.82 Å². The normalized spacial score (nSPS) is 12.6. The van der Waals surface area contributed by atoms with E-state index in [0.717, 1.165) is 0 Å². The number of nitrogens with zero attached hydrogens (tertiary/aromatic N) is 2. The lowest BCUT2D eigenvalue weighted by molar-refractivity contribution is -0.109. The zero-order valence-electron chi connectivity index (χ0n) is 14.4. The molecule has 6 nitrogen and oxygen atoms in total. The molecular formula is C17H21Cl2FN4O2. The molecule has 9 heteroatoms. The van der Waals surface area contributed by atoms with E-state index in [9.17, 15) is 9.18 Å². The highest BCUT2D eigenvalue weighted by Crippen LogP contribution is 2.35. The van der Waals surface area contributed by atoms with Gasteiger partial charge in [-0.3, -0.25) is 4.79 Å². The standard InChI is InChI=1S/C17H20ClFN4O2.ClH/c1-3-14(23-11(2)9-20-10-24)12-5-6-13(18)16(15(12)19)25-17-21-7-4-8-22-17;/h4-8,10-11,14,23H,3,9H2,1-2H3,(H,20,24);1H/t11-,14-;/m1./s1. The molecule has 142 valence electrons. The summed E-state index contributed by atoms with van der Waals surface area (Å²) < 4.78 is 20.4. The maximum Gasteiger partial charge on any atom is 0.322 e. The molecule has 0 saturated carbocycles. The van der Waals surface area contributed by atoms with Gasteiger partial charge in [-0.2, -0.15) is 0 Å². The zero-order valence-corrected chi connectivity index (χ0v) is 16.0. The number of hydrogen-bond acceptors (Lipinski definition) is 5. The highest BCUT2D eigenvalue weighted by atomic mass is 35.5. The first-order valence-electron chi connectivity index (χ1n) is 7.92. The van der Waals surface area contributed by atoms with Gasteiger partial charge in [0.25, 0.3) is 0 Å². The van der Waals surface area contributed by atoms with Crippen LogP contribution in [-0.2, 0) is 4.79 Å². The van der Waals surface area contributed by atoms with Gasteiger partial charge >= 0.3 is 6.01 Å². The summed E-state index contributed by atoms with van der Waals surface area (Å²) in [5, 5.41) is 6.01. The van der Waals surface area contributed by atoms with Crippen LogP contribution in [0.4, 0.5) is 4.39 Å². The molecule has 2 aromatic rings. The summed E-state index contributed by atoms with van der Waals surface area (Å²) in [4.78, 5) is 18.2. The van der Waals surface area contributed by atoms with Gasteiger partial charge in [-0.15, -0.1) is 12.4 Å². The lowest BCUT2D eigenvalue weighted by Gasteiger charge is -2.23. The molecule has 2 N–H and O–H groups in total. The van der Waals surface area contributed by atoms with E-state index in [1.54, 1.807) is 18.2 Å². The van der Waals surface area contributed by atoms with Crippen molar-refractivity contribution in [2.24, 2.45) is 0 Å². The summed E-state index contributed by atoms with van der Waals surface area (Å²) in [6.45, 7) is 4.28. The molecule has 0 aliphatic carbocycles. The molecule has 26 heavy (non-hydrogen) atoms. The van der Waals surface area contributed by atoms with E-state index in [0.29, 0.717) is 24.9 Å². The van der Waals surface area contributed by atoms with E-state index in [2.05, 4.69) is 20.6 Å². The highest BCUT2D eigenvalue weighted by Gasteiger charge is 2.22. The van der Waals surface area contributed by atoms with Crippen molar-refractivity contribution in [3.8, 4) is 11.8 Å². The summed E-state index contributed by atoms with van der Waals surface area (Å²) in [5.74, 6) is -0.667. The molecule has 0 radical (unpaired) electrons. The Kier molecular flexibility index (Phi) is 9.26. The van der Waals surface area contributed by atoms with Crippen molar-refractivity contribution in [2.75, 3.05) is 6.54 Å². The van der Waals surface area contributed by atoms with Crippen LogP contribution < -0.4 is 15.4 Å². The van der Waals surface area contributed by atoms with Crippen LogP contribution in [0.2, 0.25) is 5.02 Å². The van der Waals surface area contributed by atoms with Gasteiger partial charge in [0, 0.05) is 36.6 Å². The van der Waals surface area contributed by atoms with Crippen LogP contribution in [0.25, 0.3) is 0 Å². The van der Waals surface area contributed by atoms with Gasteiger partial charge in [0.15, 0.2) is 11.6 Å². The van der Waals surface area contributed by atoms with Crippen LogP contribution >= 0.6 is 24.0 Å². The second-order valence-electron chi connectivity index (χ2n) is 5.47. The summed E-state index contributed by atoms with van der Waals surface area (Å²) in [6, 6.07) is 4.55. The van der Waals surface area contributed by atoms with Crippen molar-refractivity contribution in [3.63, 3.8) is 0 Å². The Hall–Kier alpha value is -1.96. The van der Waals surface area contributed by atoms with Gasteiger partial charge in [-0.1, -0.05) is 24.6 Å². The first-order valence-corrected chi connectivity index (χ1v) is 8.30. The van der Waals surface area contributed by atoms with E-state index < -0.39 is 5.82 Å². The van der Waals surface area contributed by atoms with E-state index in [1.807, 2.05) is 13.8 Å². The fourth-order valence-corrected chi connectivity index (χ4v) is 2.58. The minimum atomic E-state index is -0.560. The van der Waals surface area contributed by atoms with E-state index in [-0.39, 0.29) is 41.3 Å². The van der Waals surface area contributed by atoms with Gasteiger partial charge in [-0.05, 0) is 25.5 Å². The molecule has 1 aromatic heterocycles. The fourth-order valence-electron chi connectivity index (χ4n) is 2.39. The fraction of sp³-hybridized carbons (Fsp3) is 0.353. The summed E-state index contributed by atoms with van der Waals surface area (Å²) in [6.07, 6.45) is 4.27. The number of amides is 1. The van der Waals surface area contributed by atoms with Gasteiger partial charge < -0.3 is 15.4 Å². The maximum atomic E-state index is 15.0. The second-order valence-corrected chi connectivity index (χ2v) is 5.87. The van der Waals surface area contributed by atoms with Crippen LogP contribution in [0.5, 0.6) is 11.8 Å². The van der Waals surface area contributed by atoms with Gasteiger partial charge in [0.2, 0.25) is 6.41 Å². The predicted octanol–water partition coefficient (Wildman–Crippen LogP) is 3.66. The lowest BCUT2D eigenvalue weighted by Crippen LogP contribution is -2.38. The molecular weight excluding hydrogens is 382 g/mol. The zero-order chi connectivity index (χ0) is 18.2. The quantitative estimate of drug-likeness (QED) is 0.625. The van der Waals surface area contributed by atoms with Gasteiger partial charge in [-0.25, -0.2) is 14.4 Å². The van der Waals surface area contributed by atoms with Crippen molar-refractivity contribution >= 4 is 30.4 Å². The smallest absolute Gasteiger partial charge is 0.322 e. The third kappa shape index (κ3) is 5.79. The van der Waals surface area contributed by atoms with Crippen LogP contribution in [0.3, 0.4) is 0 Å². The molecule has 2 atom stereocenters. The summed E-state index contributed by atoms with van der Waals surface area (Å²) in [7, 11) is 0. The SMILES string of the molecule is CC[C@@H](N[C@H](C)CNC=O)c1ccc(Cl)c(Oc2ncccn2)c1F.Cl. The molecule has 0 bridgehead atoms. The van der Waals surface area contributed by atoms with Crippen molar-refractivity contribution < 1.29 is 13.9 Å². The highest BCUT2D eigenvalue weighted by molar-refractivity contribution is 6.32.